The topological polar surface area (TPSA) is 53.5 Å². The molecule has 126 valence electrons. The molecule has 0 aliphatic rings. The summed E-state index contributed by atoms with van der Waals surface area (Å²) in [5.41, 5.74) is 2.00. The van der Waals surface area contributed by atoms with Gasteiger partial charge in [0.2, 0.25) is 0 Å². The number of hydrogen-bond acceptors (Lipinski definition) is 3. The molecule has 4 nitrogen and oxygen atoms in total. The number of anilines is 1. The van der Waals surface area contributed by atoms with Crippen LogP contribution in [0.2, 0.25) is 0 Å². The van der Waals surface area contributed by atoms with Crippen molar-refractivity contribution >= 4 is 17.8 Å². The van der Waals surface area contributed by atoms with E-state index in [0.717, 1.165) is 12.1 Å². The van der Waals surface area contributed by atoms with E-state index in [9.17, 15) is 22.4 Å². The smallest absolute Gasteiger partial charge is 0.376 e. The fourth-order valence-electron chi connectivity index (χ4n) is 1.79. The van der Waals surface area contributed by atoms with Crippen LogP contribution in [0.15, 0.2) is 53.6 Å². The average molecular weight is 339 g/mol. The number of alkyl halides is 3. The van der Waals surface area contributed by atoms with Crippen molar-refractivity contribution in [1.82, 2.24) is 5.43 Å². The molecule has 8 heteroatoms. The van der Waals surface area contributed by atoms with Gasteiger partial charge in [-0.05, 0) is 35.9 Å². The van der Waals surface area contributed by atoms with Crippen molar-refractivity contribution in [2.75, 3.05) is 11.9 Å². The molecule has 2 aromatic rings. The van der Waals surface area contributed by atoms with Crippen LogP contribution in [-0.2, 0) is 11.0 Å². The molecule has 1 amide bonds. The van der Waals surface area contributed by atoms with Gasteiger partial charge in [0.1, 0.15) is 5.82 Å². The number of carbonyl (C=O) groups is 1. The highest BCUT2D eigenvalue weighted by Crippen LogP contribution is 2.30. The van der Waals surface area contributed by atoms with Crippen LogP contribution in [-0.4, -0.2) is 18.7 Å². The maximum Gasteiger partial charge on any atom is 0.416 e. The predicted molar refractivity (Wildman–Crippen MR) is 82.1 cm³/mol. The number of nitrogens with zero attached hydrogens (tertiary/aromatic N) is 1. The number of halogens is 4. The first kappa shape index (κ1) is 17.5. The van der Waals surface area contributed by atoms with Crippen LogP contribution in [0.3, 0.4) is 0 Å². The fourth-order valence-corrected chi connectivity index (χ4v) is 1.79. The van der Waals surface area contributed by atoms with Gasteiger partial charge in [0.25, 0.3) is 5.91 Å². The number of benzene rings is 2. The Labute approximate surface area is 135 Å². The van der Waals surface area contributed by atoms with E-state index < -0.39 is 23.5 Å². The van der Waals surface area contributed by atoms with E-state index in [4.69, 9.17) is 0 Å². The summed E-state index contributed by atoms with van der Waals surface area (Å²) in [5.74, 6) is -0.989. The third kappa shape index (κ3) is 5.38. The minimum atomic E-state index is -4.45. The van der Waals surface area contributed by atoms with Gasteiger partial charge >= 0.3 is 6.18 Å². The van der Waals surface area contributed by atoms with E-state index in [0.29, 0.717) is 5.56 Å². The molecule has 2 aromatic carbocycles. The first-order valence-corrected chi connectivity index (χ1v) is 6.83. The van der Waals surface area contributed by atoms with E-state index in [2.05, 4.69) is 15.8 Å². The average Bonchev–Trinajstić information content (AvgIpc) is 2.52. The lowest BCUT2D eigenvalue weighted by Crippen LogP contribution is -2.26. The Morgan fingerprint density at radius 1 is 1.12 bits per heavy atom. The molecule has 0 fully saturated rings. The van der Waals surface area contributed by atoms with Crippen LogP contribution in [0.4, 0.5) is 23.2 Å². The van der Waals surface area contributed by atoms with Gasteiger partial charge in [-0.2, -0.15) is 18.3 Å². The molecule has 0 heterocycles. The normalized spacial score (nSPS) is 11.5. The lowest BCUT2D eigenvalue weighted by Gasteiger charge is -2.10. The van der Waals surface area contributed by atoms with Crippen molar-refractivity contribution in [3.8, 4) is 0 Å². The molecule has 24 heavy (non-hydrogen) atoms. The summed E-state index contributed by atoms with van der Waals surface area (Å²) in [5, 5.41) is 6.21. The number of amides is 1. The van der Waals surface area contributed by atoms with Crippen LogP contribution >= 0.6 is 0 Å². The Kier molecular flexibility index (Phi) is 5.51. The summed E-state index contributed by atoms with van der Waals surface area (Å²) >= 11 is 0. The van der Waals surface area contributed by atoms with E-state index in [-0.39, 0.29) is 12.2 Å². The number of hydrazone groups is 1. The quantitative estimate of drug-likeness (QED) is 0.498. The van der Waals surface area contributed by atoms with Gasteiger partial charge in [-0.15, -0.1) is 0 Å². The molecule has 2 N–H and O–H groups in total. The Morgan fingerprint density at radius 2 is 1.88 bits per heavy atom. The standard InChI is InChI=1S/C16H13F4N3O/c17-13-5-1-3-11(7-13)9-22-23-15(24)10-21-14-6-2-4-12(8-14)16(18,19)20/h1-9,21H,10H2,(H,23,24). The second-order valence-corrected chi connectivity index (χ2v) is 4.78. The SMILES string of the molecule is O=C(CNc1cccc(C(F)(F)F)c1)NN=Cc1cccc(F)c1. The Bertz CT molecular complexity index is 744. The van der Waals surface area contributed by atoms with Gasteiger partial charge in [0.15, 0.2) is 0 Å². The van der Waals surface area contributed by atoms with Gasteiger partial charge in [-0.1, -0.05) is 18.2 Å². The van der Waals surface area contributed by atoms with E-state index in [1.807, 2.05) is 0 Å². The third-order valence-electron chi connectivity index (χ3n) is 2.89. The first-order valence-electron chi connectivity index (χ1n) is 6.83. The van der Waals surface area contributed by atoms with Gasteiger partial charge in [0, 0.05) is 5.69 Å². The largest absolute Gasteiger partial charge is 0.416 e. The van der Waals surface area contributed by atoms with Crippen molar-refractivity contribution < 1.29 is 22.4 Å². The maximum absolute atomic E-state index is 12.9. The Balaban J connectivity index is 1.85. The number of rotatable bonds is 5. The summed E-state index contributed by atoms with van der Waals surface area (Å²) < 4.78 is 50.6. The monoisotopic (exact) mass is 339 g/mol. The molecule has 0 atom stereocenters. The molecule has 2 rings (SSSR count). The van der Waals surface area contributed by atoms with Gasteiger partial charge in [-0.25, -0.2) is 9.82 Å². The number of hydrogen-bond donors (Lipinski definition) is 2. The molecular weight excluding hydrogens is 326 g/mol. The molecule has 0 aliphatic carbocycles. The van der Waals surface area contributed by atoms with Crippen molar-refractivity contribution in [1.29, 1.82) is 0 Å². The third-order valence-corrected chi connectivity index (χ3v) is 2.89. The zero-order chi connectivity index (χ0) is 17.6. The zero-order valence-electron chi connectivity index (χ0n) is 12.3. The Hall–Kier alpha value is -2.90. The van der Waals surface area contributed by atoms with Crippen molar-refractivity contribution in [3.05, 3.63) is 65.5 Å². The van der Waals surface area contributed by atoms with Crippen LogP contribution in [0.1, 0.15) is 11.1 Å². The summed E-state index contributed by atoms with van der Waals surface area (Å²) in [4.78, 5) is 11.6. The second kappa shape index (κ2) is 7.58. The second-order valence-electron chi connectivity index (χ2n) is 4.78. The molecule has 0 radical (unpaired) electrons. The molecule has 0 aliphatic heterocycles. The summed E-state index contributed by atoms with van der Waals surface area (Å²) in [6.07, 6.45) is -3.19. The van der Waals surface area contributed by atoms with Gasteiger partial charge in [-0.3, -0.25) is 4.79 Å². The van der Waals surface area contributed by atoms with Crippen molar-refractivity contribution in [2.45, 2.75) is 6.18 Å². The highest BCUT2D eigenvalue weighted by molar-refractivity contribution is 5.84. The highest BCUT2D eigenvalue weighted by Gasteiger charge is 2.30. The van der Waals surface area contributed by atoms with Crippen LogP contribution in [0.5, 0.6) is 0 Å². The van der Waals surface area contributed by atoms with Crippen LogP contribution < -0.4 is 10.7 Å². The van der Waals surface area contributed by atoms with Crippen LogP contribution in [0, 0.1) is 5.82 Å². The molecule has 0 unspecified atom stereocenters. The van der Waals surface area contributed by atoms with E-state index in [1.54, 1.807) is 6.07 Å². The zero-order valence-corrected chi connectivity index (χ0v) is 12.3. The van der Waals surface area contributed by atoms with Crippen molar-refractivity contribution in [2.24, 2.45) is 5.10 Å². The lowest BCUT2D eigenvalue weighted by molar-refractivity contribution is -0.137. The highest BCUT2D eigenvalue weighted by atomic mass is 19.4. The molecule has 0 saturated heterocycles. The maximum atomic E-state index is 12.9. The Morgan fingerprint density at radius 3 is 2.58 bits per heavy atom. The minimum Gasteiger partial charge on any atom is -0.376 e. The molecule has 0 spiro atoms. The van der Waals surface area contributed by atoms with Gasteiger partial charge < -0.3 is 5.32 Å². The predicted octanol–water partition coefficient (Wildman–Crippen LogP) is 3.41. The number of nitrogens with one attached hydrogen (secondary N) is 2. The van der Waals surface area contributed by atoms with Crippen LogP contribution in [0.25, 0.3) is 0 Å². The van der Waals surface area contributed by atoms with Gasteiger partial charge in [0.05, 0.1) is 18.3 Å². The first-order chi connectivity index (χ1) is 11.3. The molecular formula is C16H13F4N3O. The summed E-state index contributed by atoms with van der Waals surface area (Å²) in [6.45, 7) is -0.262. The van der Waals surface area contributed by atoms with E-state index >= 15 is 0 Å². The molecule has 0 aromatic heterocycles. The fraction of sp³-hybridized carbons (Fsp3) is 0.125. The van der Waals surface area contributed by atoms with E-state index in [1.165, 1.54) is 36.5 Å². The molecule has 0 bridgehead atoms. The molecule has 0 saturated carbocycles. The van der Waals surface area contributed by atoms with Crippen molar-refractivity contribution in [3.63, 3.8) is 0 Å². The summed E-state index contributed by atoms with van der Waals surface area (Å²) in [7, 11) is 0. The summed E-state index contributed by atoms with van der Waals surface area (Å²) in [6, 6.07) is 10.1. The minimum absolute atomic E-state index is 0.161. The number of carbonyl (C=O) groups excluding carboxylic acids is 1. The lowest BCUT2D eigenvalue weighted by atomic mass is 10.2.